The highest BCUT2D eigenvalue weighted by molar-refractivity contribution is 7.85. The molecular weight excluding hydrogens is 311 g/mol. The van der Waals surface area contributed by atoms with Crippen LogP contribution in [-0.4, -0.2) is 9.96 Å². The van der Waals surface area contributed by atoms with Crippen molar-refractivity contribution >= 4 is 34.0 Å². The monoisotopic (exact) mass is 324 g/mol. The third-order valence-electron chi connectivity index (χ3n) is 2.76. The first-order chi connectivity index (χ1) is 9.66. The summed E-state index contributed by atoms with van der Waals surface area (Å²) in [6, 6.07) is 15.0. The molecule has 0 amide bonds. The summed E-state index contributed by atoms with van der Waals surface area (Å²) in [7, 11) is -0.983. The molecule has 1 unspecified atom stereocenters. The molecule has 1 nitrogen and oxygen atoms in total. The number of hydrogen-bond donors (Lipinski definition) is 0. The SMILES string of the molecule is O=S(CC=CCc1ccc(Cl)c(Cl)c1)c1ccccc1. The normalized spacial score (nSPS) is 12.7. The Morgan fingerprint density at radius 1 is 0.950 bits per heavy atom. The van der Waals surface area contributed by atoms with Gasteiger partial charge in [-0.25, -0.2) is 0 Å². The first-order valence-corrected chi connectivity index (χ1v) is 8.26. The van der Waals surface area contributed by atoms with E-state index in [2.05, 4.69) is 0 Å². The molecule has 0 heterocycles. The van der Waals surface area contributed by atoms with Crippen LogP contribution in [0.15, 0.2) is 65.6 Å². The van der Waals surface area contributed by atoms with E-state index < -0.39 is 10.8 Å². The predicted octanol–water partition coefficient (Wildman–Crippen LogP) is 4.90. The van der Waals surface area contributed by atoms with Crippen LogP contribution in [-0.2, 0) is 17.2 Å². The number of benzene rings is 2. The number of allylic oxidation sites excluding steroid dienone is 1. The van der Waals surface area contributed by atoms with Gasteiger partial charge in [0.2, 0.25) is 0 Å². The van der Waals surface area contributed by atoms with Crippen molar-refractivity contribution in [3.63, 3.8) is 0 Å². The minimum absolute atomic E-state index is 0.519. The summed E-state index contributed by atoms with van der Waals surface area (Å²) in [4.78, 5) is 0.853. The Labute approximate surface area is 131 Å². The predicted molar refractivity (Wildman–Crippen MR) is 87.0 cm³/mol. The quantitative estimate of drug-likeness (QED) is 0.715. The van der Waals surface area contributed by atoms with Crippen LogP contribution in [0.1, 0.15) is 5.56 Å². The van der Waals surface area contributed by atoms with E-state index in [0.29, 0.717) is 15.8 Å². The molecule has 2 rings (SSSR count). The molecule has 0 spiro atoms. The molecular formula is C16H14Cl2OS. The summed E-state index contributed by atoms with van der Waals surface area (Å²) >= 11 is 11.8. The van der Waals surface area contributed by atoms with Crippen LogP contribution in [0.25, 0.3) is 0 Å². The molecule has 0 aliphatic carbocycles. The fourth-order valence-corrected chi connectivity index (χ4v) is 2.99. The fraction of sp³-hybridized carbons (Fsp3) is 0.125. The molecule has 2 aromatic carbocycles. The smallest absolute Gasteiger partial charge is 0.0595 e. The minimum Gasteiger partial charge on any atom is -0.254 e. The van der Waals surface area contributed by atoms with Crippen molar-refractivity contribution < 1.29 is 4.21 Å². The molecule has 0 N–H and O–H groups in total. The van der Waals surface area contributed by atoms with Crippen molar-refractivity contribution in [2.75, 3.05) is 5.75 Å². The fourth-order valence-electron chi connectivity index (χ4n) is 1.71. The van der Waals surface area contributed by atoms with Gasteiger partial charge in [-0.3, -0.25) is 4.21 Å². The lowest BCUT2D eigenvalue weighted by atomic mass is 10.1. The van der Waals surface area contributed by atoms with Gasteiger partial charge in [0.15, 0.2) is 0 Å². The van der Waals surface area contributed by atoms with Gasteiger partial charge in [-0.05, 0) is 36.2 Å². The molecule has 0 saturated heterocycles. The lowest BCUT2D eigenvalue weighted by Crippen LogP contribution is -1.94. The van der Waals surface area contributed by atoms with Crippen molar-refractivity contribution in [1.82, 2.24) is 0 Å². The largest absolute Gasteiger partial charge is 0.254 e. The molecule has 1 atom stereocenters. The van der Waals surface area contributed by atoms with Crippen molar-refractivity contribution in [2.45, 2.75) is 11.3 Å². The lowest BCUT2D eigenvalue weighted by Gasteiger charge is -2.00. The standard InChI is InChI=1S/C16H14Cl2OS/c17-15-10-9-13(12-16(15)18)6-4-5-11-20(19)14-7-2-1-3-8-14/h1-5,7-10,12H,6,11H2. The van der Waals surface area contributed by atoms with Gasteiger partial charge >= 0.3 is 0 Å². The number of halogens is 2. The van der Waals surface area contributed by atoms with Crippen LogP contribution >= 0.6 is 23.2 Å². The van der Waals surface area contributed by atoms with E-state index in [0.717, 1.165) is 16.9 Å². The van der Waals surface area contributed by atoms with Crippen molar-refractivity contribution in [3.05, 3.63) is 76.3 Å². The van der Waals surface area contributed by atoms with E-state index in [9.17, 15) is 4.21 Å². The average molecular weight is 325 g/mol. The van der Waals surface area contributed by atoms with Gasteiger partial charge in [0.1, 0.15) is 0 Å². The summed E-state index contributed by atoms with van der Waals surface area (Å²) in [5, 5.41) is 1.12. The third-order valence-corrected chi connectivity index (χ3v) is 4.79. The second kappa shape index (κ2) is 7.63. The second-order valence-corrected chi connectivity index (χ2v) is 6.56. The molecule has 0 fully saturated rings. The third kappa shape index (κ3) is 4.48. The van der Waals surface area contributed by atoms with Crippen molar-refractivity contribution in [2.24, 2.45) is 0 Å². The zero-order valence-corrected chi connectivity index (χ0v) is 13.1. The van der Waals surface area contributed by atoms with Gasteiger partial charge in [0, 0.05) is 10.6 Å². The van der Waals surface area contributed by atoms with Crippen LogP contribution in [0.3, 0.4) is 0 Å². The van der Waals surface area contributed by atoms with Gasteiger partial charge < -0.3 is 0 Å². The van der Waals surface area contributed by atoms with Crippen LogP contribution in [0.2, 0.25) is 10.0 Å². The van der Waals surface area contributed by atoms with E-state index in [1.165, 1.54) is 0 Å². The number of hydrogen-bond acceptors (Lipinski definition) is 1. The summed E-state index contributed by atoms with van der Waals surface area (Å²) < 4.78 is 12.0. The highest BCUT2D eigenvalue weighted by Gasteiger charge is 2.00. The van der Waals surface area contributed by atoms with Crippen LogP contribution < -0.4 is 0 Å². The molecule has 0 aliphatic heterocycles. The maximum atomic E-state index is 12.0. The van der Waals surface area contributed by atoms with Gasteiger partial charge in [-0.15, -0.1) is 0 Å². The number of rotatable bonds is 5. The highest BCUT2D eigenvalue weighted by atomic mass is 35.5. The summed E-state index contributed by atoms with van der Waals surface area (Å²) in [5.41, 5.74) is 1.08. The van der Waals surface area contributed by atoms with E-state index in [-0.39, 0.29) is 0 Å². The zero-order valence-electron chi connectivity index (χ0n) is 10.8. The maximum absolute atomic E-state index is 12.0. The van der Waals surface area contributed by atoms with Crippen LogP contribution in [0.4, 0.5) is 0 Å². The van der Waals surface area contributed by atoms with E-state index in [4.69, 9.17) is 23.2 Å². The molecule has 20 heavy (non-hydrogen) atoms. The molecule has 0 radical (unpaired) electrons. The Hall–Kier alpha value is -1.09. The van der Waals surface area contributed by atoms with Crippen LogP contribution in [0.5, 0.6) is 0 Å². The highest BCUT2D eigenvalue weighted by Crippen LogP contribution is 2.22. The second-order valence-electron chi connectivity index (χ2n) is 4.25. The molecule has 2 aromatic rings. The Kier molecular flexibility index (Phi) is 5.84. The Bertz CT molecular complexity index is 624. The zero-order chi connectivity index (χ0) is 14.4. The van der Waals surface area contributed by atoms with E-state index in [1.807, 2.05) is 54.6 Å². The molecule has 0 saturated carbocycles. The first kappa shape index (κ1) is 15.3. The van der Waals surface area contributed by atoms with E-state index in [1.54, 1.807) is 6.07 Å². The molecule has 104 valence electrons. The average Bonchev–Trinajstić information content (AvgIpc) is 2.48. The lowest BCUT2D eigenvalue weighted by molar-refractivity contribution is 0.685. The molecule has 4 heteroatoms. The summed E-state index contributed by atoms with van der Waals surface area (Å²) in [6.07, 6.45) is 4.69. The Balaban J connectivity index is 1.88. The van der Waals surface area contributed by atoms with E-state index >= 15 is 0 Å². The maximum Gasteiger partial charge on any atom is 0.0595 e. The molecule has 0 aromatic heterocycles. The van der Waals surface area contributed by atoms with Crippen LogP contribution in [0, 0.1) is 0 Å². The first-order valence-electron chi connectivity index (χ1n) is 6.19. The Morgan fingerprint density at radius 3 is 2.40 bits per heavy atom. The minimum atomic E-state index is -0.983. The molecule has 0 bridgehead atoms. The topological polar surface area (TPSA) is 17.1 Å². The van der Waals surface area contributed by atoms with Gasteiger partial charge in [0.05, 0.1) is 20.8 Å². The van der Waals surface area contributed by atoms with Gasteiger partial charge in [-0.2, -0.15) is 0 Å². The van der Waals surface area contributed by atoms with Gasteiger partial charge in [-0.1, -0.05) is 59.6 Å². The summed E-state index contributed by atoms with van der Waals surface area (Å²) in [6.45, 7) is 0. The van der Waals surface area contributed by atoms with Crippen molar-refractivity contribution in [3.8, 4) is 0 Å². The van der Waals surface area contributed by atoms with Gasteiger partial charge in [0.25, 0.3) is 0 Å². The molecule has 0 aliphatic rings. The summed E-state index contributed by atoms with van der Waals surface area (Å²) in [5.74, 6) is 0.519. The Morgan fingerprint density at radius 2 is 1.70 bits per heavy atom. The van der Waals surface area contributed by atoms with Crippen molar-refractivity contribution in [1.29, 1.82) is 0 Å².